The lowest BCUT2D eigenvalue weighted by Crippen LogP contribution is -2.24. The van der Waals surface area contributed by atoms with Crippen molar-refractivity contribution in [2.24, 2.45) is 0 Å². The molecule has 0 heterocycles. The molecule has 0 unspecified atom stereocenters. The normalized spacial score (nSPS) is 10.6. The van der Waals surface area contributed by atoms with Gasteiger partial charge in [-0.25, -0.2) is 0 Å². The van der Waals surface area contributed by atoms with Gasteiger partial charge in [-0.3, -0.25) is 0 Å². The number of hydrogen-bond acceptors (Lipinski definition) is 3. The predicted molar refractivity (Wildman–Crippen MR) is 73.8 cm³/mol. The van der Waals surface area contributed by atoms with E-state index in [1.54, 1.807) is 0 Å². The standard InChI is InChI=1S/C13H20BrNO2/c1-9-8-12(14)10(2)11(3)13(9)17-7-5-15-4-6-16/h8,15-16H,4-7H2,1-3H3. The Bertz CT molecular complexity index is 380. The fraction of sp³-hybridized carbons (Fsp3) is 0.538. The van der Waals surface area contributed by atoms with Gasteiger partial charge in [0.1, 0.15) is 12.4 Å². The van der Waals surface area contributed by atoms with E-state index in [1.165, 1.54) is 11.1 Å². The van der Waals surface area contributed by atoms with Crippen molar-refractivity contribution >= 4 is 15.9 Å². The van der Waals surface area contributed by atoms with E-state index in [-0.39, 0.29) is 6.61 Å². The third-order valence-electron chi connectivity index (χ3n) is 2.78. The monoisotopic (exact) mass is 301 g/mol. The van der Waals surface area contributed by atoms with Gasteiger partial charge in [-0.05, 0) is 43.5 Å². The third kappa shape index (κ3) is 3.98. The fourth-order valence-electron chi connectivity index (χ4n) is 1.66. The van der Waals surface area contributed by atoms with Crippen LogP contribution in [0, 0.1) is 20.8 Å². The van der Waals surface area contributed by atoms with Crippen molar-refractivity contribution in [2.75, 3.05) is 26.3 Å². The van der Waals surface area contributed by atoms with Crippen LogP contribution in [0.25, 0.3) is 0 Å². The summed E-state index contributed by atoms with van der Waals surface area (Å²) in [6, 6.07) is 2.08. The highest BCUT2D eigenvalue weighted by atomic mass is 79.9. The van der Waals surface area contributed by atoms with Crippen LogP contribution in [0.2, 0.25) is 0 Å². The van der Waals surface area contributed by atoms with Crippen LogP contribution in [0.15, 0.2) is 10.5 Å². The summed E-state index contributed by atoms with van der Waals surface area (Å²) < 4.78 is 6.91. The maximum Gasteiger partial charge on any atom is 0.125 e. The molecule has 2 N–H and O–H groups in total. The molecule has 0 aliphatic carbocycles. The summed E-state index contributed by atoms with van der Waals surface area (Å²) in [5.74, 6) is 0.969. The molecule has 0 spiro atoms. The lowest BCUT2D eigenvalue weighted by atomic mass is 10.1. The summed E-state index contributed by atoms with van der Waals surface area (Å²) in [6.07, 6.45) is 0. The van der Waals surface area contributed by atoms with Crippen LogP contribution in [0.5, 0.6) is 5.75 Å². The van der Waals surface area contributed by atoms with E-state index in [2.05, 4.69) is 41.2 Å². The first-order chi connectivity index (χ1) is 8.07. The largest absolute Gasteiger partial charge is 0.492 e. The molecule has 96 valence electrons. The molecule has 0 aliphatic rings. The maximum absolute atomic E-state index is 8.63. The number of rotatable bonds is 6. The highest BCUT2D eigenvalue weighted by molar-refractivity contribution is 9.10. The lowest BCUT2D eigenvalue weighted by molar-refractivity contribution is 0.274. The van der Waals surface area contributed by atoms with Crippen molar-refractivity contribution < 1.29 is 9.84 Å². The zero-order valence-electron chi connectivity index (χ0n) is 10.6. The topological polar surface area (TPSA) is 41.5 Å². The van der Waals surface area contributed by atoms with Crippen LogP contribution in [0.3, 0.4) is 0 Å². The fourth-order valence-corrected chi connectivity index (χ4v) is 2.30. The number of ether oxygens (including phenoxy) is 1. The Balaban J connectivity index is 2.62. The molecule has 17 heavy (non-hydrogen) atoms. The average Bonchev–Trinajstić information content (AvgIpc) is 2.30. The van der Waals surface area contributed by atoms with Gasteiger partial charge in [0.2, 0.25) is 0 Å². The van der Waals surface area contributed by atoms with Crippen molar-refractivity contribution in [3.8, 4) is 5.75 Å². The first kappa shape index (κ1) is 14.5. The summed E-state index contributed by atoms with van der Waals surface area (Å²) >= 11 is 3.54. The summed E-state index contributed by atoms with van der Waals surface area (Å²) in [4.78, 5) is 0. The van der Waals surface area contributed by atoms with Crippen LogP contribution in [0.1, 0.15) is 16.7 Å². The minimum atomic E-state index is 0.162. The summed E-state index contributed by atoms with van der Waals surface area (Å²) in [6.45, 7) is 8.33. The van der Waals surface area contributed by atoms with Gasteiger partial charge in [0.15, 0.2) is 0 Å². The van der Waals surface area contributed by atoms with Crippen molar-refractivity contribution in [3.05, 3.63) is 27.2 Å². The molecule has 0 fully saturated rings. The van der Waals surface area contributed by atoms with Gasteiger partial charge in [0.25, 0.3) is 0 Å². The van der Waals surface area contributed by atoms with Crippen LogP contribution in [0.4, 0.5) is 0 Å². The summed E-state index contributed by atoms with van der Waals surface area (Å²) in [7, 11) is 0. The van der Waals surface area contributed by atoms with Crippen LogP contribution in [-0.4, -0.2) is 31.4 Å². The number of aliphatic hydroxyl groups is 1. The Labute approximate surface area is 111 Å². The molecule has 1 aromatic rings. The molecule has 0 bridgehead atoms. The Morgan fingerprint density at radius 1 is 1.24 bits per heavy atom. The number of nitrogens with one attached hydrogen (secondary N) is 1. The maximum atomic E-state index is 8.63. The van der Waals surface area contributed by atoms with Crippen molar-refractivity contribution in [3.63, 3.8) is 0 Å². The zero-order chi connectivity index (χ0) is 12.8. The minimum Gasteiger partial charge on any atom is -0.492 e. The van der Waals surface area contributed by atoms with Crippen LogP contribution >= 0.6 is 15.9 Å². The second kappa shape index (κ2) is 6.99. The van der Waals surface area contributed by atoms with Crippen LogP contribution in [-0.2, 0) is 0 Å². The molecule has 4 heteroatoms. The van der Waals surface area contributed by atoms with E-state index in [9.17, 15) is 0 Å². The van der Waals surface area contributed by atoms with Gasteiger partial charge >= 0.3 is 0 Å². The molecule has 0 aliphatic heterocycles. The van der Waals surface area contributed by atoms with E-state index < -0.39 is 0 Å². The lowest BCUT2D eigenvalue weighted by Gasteiger charge is -2.15. The Kier molecular flexibility index (Phi) is 5.95. The quantitative estimate of drug-likeness (QED) is 0.793. The number of aryl methyl sites for hydroxylation is 1. The predicted octanol–water partition coefficient (Wildman–Crippen LogP) is 2.34. The molecule has 0 saturated carbocycles. The molecule has 0 amide bonds. The molecular formula is C13H20BrNO2. The van der Waals surface area contributed by atoms with Crippen molar-refractivity contribution in [1.82, 2.24) is 5.32 Å². The van der Waals surface area contributed by atoms with Gasteiger partial charge < -0.3 is 15.2 Å². The van der Waals surface area contributed by atoms with Gasteiger partial charge in [-0.2, -0.15) is 0 Å². The van der Waals surface area contributed by atoms with Gasteiger partial charge in [-0.1, -0.05) is 15.9 Å². The van der Waals surface area contributed by atoms with Crippen molar-refractivity contribution in [1.29, 1.82) is 0 Å². The van der Waals surface area contributed by atoms with Gasteiger partial charge in [0, 0.05) is 17.6 Å². The second-order valence-electron chi connectivity index (χ2n) is 4.08. The smallest absolute Gasteiger partial charge is 0.125 e. The minimum absolute atomic E-state index is 0.162. The zero-order valence-corrected chi connectivity index (χ0v) is 12.2. The number of hydrogen-bond donors (Lipinski definition) is 2. The van der Waals surface area contributed by atoms with E-state index >= 15 is 0 Å². The third-order valence-corrected chi connectivity index (χ3v) is 3.60. The van der Waals surface area contributed by atoms with E-state index in [1.807, 2.05) is 6.92 Å². The van der Waals surface area contributed by atoms with Crippen molar-refractivity contribution in [2.45, 2.75) is 20.8 Å². The molecule has 3 nitrogen and oxygen atoms in total. The molecule has 1 rings (SSSR count). The van der Waals surface area contributed by atoms with Gasteiger partial charge in [-0.15, -0.1) is 0 Å². The molecule has 0 saturated heterocycles. The Hall–Kier alpha value is -0.580. The number of halogens is 1. The Morgan fingerprint density at radius 2 is 1.94 bits per heavy atom. The van der Waals surface area contributed by atoms with E-state index in [4.69, 9.17) is 9.84 Å². The molecule has 0 atom stereocenters. The van der Waals surface area contributed by atoms with Gasteiger partial charge in [0.05, 0.1) is 6.61 Å². The van der Waals surface area contributed by atoms with E-state index in [0.717, 1.165) is 22.3 Å². The number of benzene rings is 1. The van der Waals surface area contributed by atoms with E-state index in [0.29, 0.717) is 13.2 Å². The summed E-state index contributed by atoms with van der Waals surface area (Å²) in [5, 5.41) is 11.7. The second-order valence-corrected chi connectivity index (χ2v) is 4.93. The SMILES string of the molecule is Cc1cc(Br)c(C)c(C)c1OCCNCCO. The highest BCUT2D eigenvalue weighted by Gasteiger charge is 2.09. The average molecular weight is 302 g/mol. The first-order valence-corrected chi connectivity index (χ1v) is 6.58. The highest BCUT2D eigenvalue weighted by Crippen LogP contribution is 2.31. The molecule has 0 aromatic heterocycles. The number of aliphatic hydroxyl groups excluding tert-OH is 1. The first-order valence-electron chi connectivity index (χ1n) is 5.78. The molecule has 0 radical (unpaired) electrons. The summed E-state index contributed by atoms with van der Waals surface area (Å²) in [5.41, 5.74) is 3.54. The molecule has 1 aromatic carbocycles. The Morgan fingerprint density at radius 3 is 2.59 bits per heavy atom. The van der Waals surface area contributed by atoms with Crippen LogP contribution < -0.4 is 10.1 Å². The molecular weight excluding hydrogens is 282 g/mol.